The number of aliphatic hydroxyl groups excluding tert-OH is 10. The molecule has 0 spiro atoms. The number of hydrogen-bond acceptors (Lipinski definition) is 31. The Morgan fingerprint density at radius 3 is 1.09 bits per heavy atom. The summed E-state index contributed by atoms with van der Waals surface area (Å²) in [5.41, 5.74) is -1.48. The number of nitrogens with one attached hydrogen (secondary N) is 6. The van der Waals surface area contributed by atoms with E-state index in [0.717, 1.165) is 0 Å². The van der Waals surface area contributed by atoms with Crippen molar-refractivity contribution in [1.29, 1.82) is 0 Å². The molecule has 3 aliphatic heterocycles. The van der Waals surface area contributed by atoms with Gasteiger partial charge in [-0.15, -0.1) is 0 Å². The summed E-state index contributed by atoms with van der Waals surface area (Å²) >= 11 is 0. The number of aliphatic hydroxyl groups is 10. The number of rotatable bonds is 67. The van der Waals surface area contributed by atoms with E-state index >= 15 is 0 Å². The van der Waals surface area contributed by atoms with E-state index in [1.165, 1.54) is 13.8 Å². The molecule has 114 heavy (non-hydrogen) atoms. The number of hydrogen-bond donors (Lipinski definition) is 18. The van der Waals surface area contributed by atoms with E-state index in [2.05, 4.69) is 36.4 Å². The van der Waals surface area contributed by atoms with Crippen LogP contribution in [0.15, 0.2) is 0 Å². The lowest BCUT2D eigenvalue weighted by Gasteiger charge is -2.42. The van der Waals surface area contributed by atoms with Crippen LogP contribution in [-0.2, 0) is 99.7 Å². The van der Waals surface area contributed by atoms with Gasteiger partial charge in [-0.1, -0.05) is 25.7 Å². The Bertz CT molecular complexity index is 2730. The monoisotopic (exact) mass is 1660 g/mol. The van der Waals surface area contributed by atoms with Crippen molar-refractivity contribution in [2.24, 2.45) is 0 Å². The minimum absolute atomic E-state index is 0.00817. The first-order chi connectivity index (χ1) is 54.4. The van der Waals surface area contributed by atoms with Crippen LogP contribution in [0.25, 0.3) is 0 Å². The number of phosphoric acid groups is 1. The van der Waals surface area contributed by atoms with Gasteiger partial charge in [-0.2, -0.15) is 0 Å². The normalized spacial score (nSPS) is 24.2. The summed E-state index contributed by atoms with van der Waals surface area (Å²) < 4.78 is 67.1. The van der Waals surface area contributed by atoms with Crippen molar-refractivity contribution in [3.05, 3.63) is 0 Å². The van der Waals surface area contributed by atoms with Crippen LogP contribution in [0.5, 0.6) is 0 Å². The first-order valence-corrected chi connectivity index (χ1v) is 41.5. The smallest absolute Gasteiger partial charge is 0.394 e. The van der Waals surface area contributed by atoms with Crippen molar-refractivity contribution in [3.63, 3.8) is 0 Å². The second kappa shape index (κ2) is 59.5. The summed E-state index contributed by atoms with van der Waals surface area (Å²) in [6.45, 7) is 0.372. The molecule has 3 heterocycles. The summed E-state index contributed by atoms with van der Waals surface area (Å²) in [6.07, 6.45) is -7.66. The quantitative estimate of drug-likeness (QED) is 0.0233. The standard InChI is InChI=1S/C74H131N6O33P/c1-49(84)78-62-67(97)64(94)55(43-81)111-71(62)107-36-16-11-25-51(86)21-7-5-9-23-53(88)30-40-104-46-74(80-61(93)29-19-28-59(91)75-33-14-3-4-15-39-110-114(101,102)103,48-106-42-32-60(92)77-35-20-34-76-58(90)27-13-18-38-109-73-70(100)69(99)66(96)57(45-83)113-73)47-105-41-31-54(89)24-10-6-8-22-52(87)26-12-17-37-108-72-63(79-50(2)85)68(98)65(95)56(44-82)112-72/h55-57,62-73,81-83,94-100H,3-48H2,1-2H3,(H,75,91)(H,76,90)(H,77,92)(H,78,84)(H,79,85)(H,80,93)(H2,101,102,103). The zero-order valence-corrected chi connectivity index (χ0v) is 67.0. The molecule has 0 aromatic heterocycles. The molecule has 0 aromatic rings. The minimum Gasteiger partial charge on any atom is -0.394 e. The number of carbonyl (C=O) groups is 10. The molecule has 3 aliphatic rings. The molecular weight excluding hydrogens is 1530 g/mol. The summed E-state index contributed by atoms with van der Waals surface area (Å²) in [7, 11) is -4.57. The van der Waals surface area contributed by atoms with Crippen LogP contribution >= 0.6 is 7.82 Å². The third kappa shape index (κ3) is 44.6. The number of carbonyl (C=O) groups excluding carboxylic acids is 10. The molecule has 660 valence electrons. The fourth-order valence-electron chi connectivity index (χ4n) is 12.5. The molecule has 6 amide bonds. The van der Waals surface area contributed by atoms with Gasteiger partial charge in [-0.05, 0) is 89.9 Å². The second-order valence-electron chi connectivity index (χ2n) is 29.1. The van der Waals surface area contributed by atoms with Gasteiger partial charge in [0, 0.05) is 130 Å². The number of unbranched alkanes of at least 4 members (excludes halogenated alkanes) is 10. The molecule has 0 saturated carbocycles. The second-order valence-corrected chi connectivity index (χ2v) is 30.3. The van der Waals surface area contributed by atoms with Crippen molar-refractivity contribution >= 4 is 66.4 Å². The van der Waals surface area contributed by atoms with Crippen molar-refractivity contribution < 1.29 is 161 Å². The van der Waals surface area contributed by atoms with E-state index in [9.17, 15) is 104 Å². The third-order valence-electron chi connectivity index (χ3n) is 19.0. The zero-order valence-electron chi connectivity index (χ0n) is 66.1. The van der Waals surface area contributed by atoms with Gasteiger partial charge in [0.1, 0.15) is 102 Å². The largest absolute Gasteiger partial charge is 0.469 e. The van der Waals surface area contributed by atoms with Crippen LogP contribution in [-0.4, -0.2) is 322 Å². The predicted molar refractivity (Wildman–Crippen MR) is 401 cm³/mol. The van der Waals surface area contributed by atoms with E-state index in [4.69, 9.17) is 52.4 Å². The average molecular weight is 1660 g/mol. The molecule has 3 rings (SSSR count). The molecule has 0 bridgehead atoms. The van der Waals surface area contributed by atoms with E-state index in [1.807, 2.05) is 0 Å². The van der Waals surface area contributed by atoms with E-state index < -0.39 is 149 Å². The first kappa shape index (κ1) is 103. The average Bonchev–Trinajstić information content (AvgIpc) is 0.801. The molecule has 40 heteroatoms. The molecule has 3 saturated heterocycles. The van der Waals surface area contributed by atoms with Crippen LogP contribution in [0, 0.1) is 0 Å². The predicted octanol–water partition coefficient (Wildman–Crippen LogP) is -1.93. The van der Waals surface area contributed by atoms with Crippen LogP contribution < -0.4 is 31.9 Å². The number of ketones is 4. The number of Topliss-reactive ketones (excluding diaryl/α,β-unsaturated/α-hetero) is 4. The number of ether oxygens (including phenoxy) is 9. The third-order valence-corrected chi connectivity index (χ3v) is 19.6. The topological polar surface area (TPSA) is 595 Å². The Morgan fingerprint density at radius 1 is 0.342 bits per heavy atom. The molecule has 3 fully saturated rings. The van der Waals surface area contributed by atoms with Crippen molar-refractivity contribution in [3.8, 4) is 0 Å². The Labute approximate surface area is 665 Å². The molecule has 15 atom stereocenters. The molecule has 0 aromatic carbocycles. The highest BCUT2D eigenvalue weighted by Crippen LogP contribution is 2.36. The van der Waals surface area contributed by atoms with E-state index in [-0.39, 0.29) is 198 Å². The SMILES string of the molecule is CC(=O)NC1C(OCCCCC(=O)CCCCCC(=O)CCOCC(COCCC(=O)CCCCCC(=O)CCCCOC2OC(CO)C(O)C(O)C2NC(C)=O)(COCCC(=O)NCCCNC(=O)CCCCOC2OC(CO)C(O)C(O)C2O)NC(=O)CCCC(=O)NCCCCCCOP(=O)(O)O)OC(CO)C(O)C1O. The van der Waals surface area contributed by atoms with E-state index in [0.29, 0.717) is 116 Å². The van der Waals surface area contributed by atoms with Crippen LogP contribution in [0.1, 0.15) is 206 Å². The van der Waals surface area contributed by atoms with Crippen molar-refractivity contribution in [1.82, 2.24) is 31.9 Å². The van der Waals surface area contributed by atoms with Crippen LogP contribution in [0.2, 0.25) is 0 Å². The Kier molecular flexibility index (Phi) is 53.8. The molecular formula is C74H131N6O33P. The van der Waals surface area contributed by atoms with Gasteiger partial charge >= 0.3 is 7.82 Å². The molecule has 15 unspecified atom stereocenters. The number of amides is 6. The summed E-state index contributed by atoms with van der Waals surface area (Å²) in [4.78, 5) is 145. The fourth-order valence-corrected chi connectivity index (χ4v) is 12.9. The maximum atomic E-state index is 13.9. The fraction of sp³-hybridized carbons (Fsp3) is 0.865. The Morgan fingerprint density at radius 2 is 0.667 bits per heavy atom. The lowest BCUT2D eigenvalue weighted by molar-refractivity contribution is -0.301. The van der Waals surface area contributed by atoms with Gasteiger partial charge in [0.05, 0.1) is 66.1 Å². The maximum absolute atomic E-state index is 13.9. The highest BCUT2D eigenvalue weighted by atomic mass is 31.2. The van der Waals surface area contributed by atoms with Gasteiger partial charge in [0.25, 0.3) is 0 Å². The van der Waals surface area contributed by atoms with Gasteiger partial charge in [0.2, 0.25) is 35.4 Å². The van der Waals surface area contributed by atoms with Crippen molar-refractivity contribution in [2.75, 3.05) is 106 Å². The highest BCUT2D eigenvalue weighted by Gasteiger charge is 2.48. The highest BCUT2D eigenvalue weighted by molar-refractivity contribution is 7.46. The minimum atomic E-state index is -4.57. The van der Waals surface area contributed by atoms with Crippen molar-refractivity contribution in [2.45, 2.75) is 304 Å². The van der Waals surface area contributed by atoms with Gasteiger partial charge in [-0.3, -0.25) is 52.5 Å². The van der Waals surface area contributed by atoms with Gasteiger partial charge in [-0.25, -0.2) is 4.57 Å². The maximum Gasteiger partial charge on any atom is 0.469 e. The first-order valence-electron chi connectivity index (χ1n) is 40.0. The zero-order chi connectivity index (χ0) is 84.3. The van der Waals surface area contributed by atoms with Gasteiger partial charge < -0.3 is 135 Å². The summed E-state index contributed by atoms with van der Waals surface area (Å²) in [6, 6.07) is -2.18. The van der Waals surface area contributed by atoms with E-state index in [1.54, 1.807) is 0 Å². The number of phosphoric ester groups is 1. The lowest BCUT2D eigenvalue weighted by atomic mass is 9.97. The van der Waals surface area contributed by atoms with Crippen LogP contribution in [0.4, 0.5) is 0 Å². The summed E-state index contributed by atoms with van der Waals surface area (Å²) in [5.74, 6) is -2.73. The molecule has 0 radical (unpaired) electrons. The van der Waals surface area contributed by atoms with Gasteiger partial charge in [0.15, 0.2) is 18.9 Å². The molecule has 39 nitrogen and oxygen atoms in total. The lowest BCUT2D eigenvalue weighted by Crippen LogP contribution is -2.64. The Balaban J connectivity index is 1.57. The van der Waals surface area contributed by atoms with Crippen LogP contribution in [0.3, 0.4) is 0 Å². The summed E-state index contributed by atoms with van der Waals surface area (Å²) in [5, 5.41) is 116. The molecule has 0 aliphatic carbocycles. The Hall–Kier alpha value is -5.15. The molecule has 18 N–H and O–H groups in total.